The molecule has 0 aliphatic rings. The fourth-order valence-electron chi connectivity index (χ4n) is 1.60. The molecular weight excluding hydrogens is 272 g/mol. The van der Waals surface area contributed by atoms with Gasteiger partial charge in [-0.3, -0.25) is 4.79 Å². The summed E-state index contributed by atoms with van der Waals surface area (Å²) in [5.74, 6) is -3.03. The summed E-state index contributed by atoms with van der Waals surface area (Å²) in [4.78, 5) is 22.5. The van der Waals surface area contributed by atoms with Crippen LogP contribution in [-0.4, -0.2) is 54.6 Å². The van der Waals surface area contributed by atoms with E-state index in [2.05, 4.69) is 5.32 Å². The summed E-state index contributed by atoms with van der Waals surface area (Å²) in [7, 11) is -3.69. The first-order chi connectivity index (χ1) is 8.65. The number of carbonyl (C=O) groups is 2. The van der Waals surface area contributed by atoms with Crippen LogP contribution in [0.1, 0.15) is 27.7 Å². The number of sulfonamides is 1. The van der Waals surface area contributed by atoms with Crippen LogP contribution in [0.3, 0.4) is 0 Å². The summed E-state index contributed by atoms with van der Waals surface area (Å²) in [6.45, 7) is 7.17. The summed E-state index contributed by atoms with van der Waals surface area (Å²) in [6.07, 6.45) is 0. The lowest BCUT2D eigenvalue weighted by Crippen LogP contribution is -2.48. The fourth-order valence-corrected chi connectivity index (χ4v) is 2.99. The zero-order valence-corrected chi connectivity index (χ0v) is 12.5. The van der Waals surface area contributed by atoms with Crippen molar-refractivity contribution in [1.29, 1.82) is 0 Å². The van der Waals surface area contributed by atoms with Gasteiger partial charge in [0.2, 0.25) is 15.9 Å². The molecule has 0 heterocycles. The number of carboxylic acid groups (broad SMARTS) is 1. The molecule has 0 saturated heterocycles. The monoisotopic (exact) mass is 294 g/mol. The van der Waals surface area contributed by atoms with E-state index in [1.807, 2.05) is 0 Å². The van der Waals surface area contributed by atoms with Crippen LogP contribution in [0.4, 0.5) is 0 Å². The summed E-state index contributed by atoms with van der Waals surface area (Å²) in [5.41, 5.74) is 0. The molecule has 112 valence electrons. The Balaban J connectivity index is 4.75. The number of rotatable bonds is 8. The lowest BCUT2D eigenvalue weighted by Gasteiger charge is -2.20. The smallest absolute Gasteiger partial charge is 0.326 e. The third kappa shape index (κ3) is 5.56. The normalized spacial score (nSPS) is 13.6. The SMILES string of the molecule is CCN(CC)S(=O)(=O)CC(=O)NC(C(=O)O)C(C)C. The van der Waals surface area contributed by atoms with Gasteiger partial charge in [-0.2, -0.15) is 0 Å². The molecule has 0 rings (SSSR count). The lowest BCUT2D eigenvalue weighted by atomic mass is 10.1. The maximum absolute atomic E-state index is 11.8. The van der Waals surface area contributed by atoms with Crippen LogP contribution in [0.15, 0.2) is 0 Å². The fraction of sp³-hybridized carbons (Fsp3) is 0.818. The predicted octanol–water partition coefficient (Wildman–Crippen LogP) is -0.117. The second kappa shape index (κ2) is 7.44. The van der Waals surface area contributed by atoms with E-state index in [-0.39, 0.29) is 19.0 Å². The number of carboxylic acids is 1. The van der Waals surface area contributed by atoms with Crippen molar-refractivity contribution in [3.8, 4) is 0 Å². The molecule has 0 aromatic heterocycles. The highest BCUT2D eigenvalue weighted by Crippen LogP contribution is 2.04. The van der Waals surface area contributed by atoms with Crippen molar-refractivity contribution in [2.45, 2.75) is 33.7 Å². The van der Waals surface area contributed by atoms with E-state index in [1.54, 1.807) is 27.7 Å². The quantitative estimate of drug-likeness (QED) is 0.649. The molecule has 0 fully saturated rings. The standard InChI is InChI=1S/C11H22N2O5S/c1-5-13(6-2)19(17,18)7-9(14)12-10(8(3)4)11(15)16/h8,10H,5-7H2,1-4H3,(H,12,14)(H,15,16). The van der Waals surface area contributed by atoms with Gasteiger partial charge < -0.3 is 10.4 Å². The molecule has 8 heteroatoms. The highest BCUT2D eigenvalue weighted by molar-refractivity contribution is 7.89. The van der Waals surface area contributed by atoms with Gasteiger partial charge in [0.1, 0.15) is 11.8 Å². The van der Waals surface area contributed by atoms with E-state index in [4.69, 9.17) is 5.11 Å². The number of aliphatic carboxylic acids is 1. The second-order valence-corrected chi connectivity index (χ2v) is 6.44. The highest BCUT2D eigenvalue weighted by atomic mass is 32.2. The average molecular weight is 294 g/mol. The molecular formula is C11H22N2O5S. The Morgan fingerprint density at radius 1 is 1.21 bits per heavy atom. The van der Waals surface area contributed by atoms with Gasteiger partial charge in [0.05, 0.1) is 0 Å². The topological polar surface area (TPSA) is 104 Å². The Morgan fingerprint density at radius 2 is 1.68 bits per heavy atom. The minimum absolute atomic E-state index is 0.276. The first kappa shape index (κ1) is 17.8. The van der Waals surface area contributed by atoms with Crippen molar-refractivity contribution in [1.82, 2.24) is 9.62 Å². The number of nitrogens with zero attached hydrogens (tertiary/aromatic N) is 1. The molecule has 0 aromatic rings. The van der Waals surface area contributed by atoms with Gasteiger partial charge in [0, 0.05) is 13.1 Å². The summed E-state index contributed by atoms with van der Waals surface area (Å²) in [6, 6.07) is -1.08. The number of hydrogen-bond acceptors (Lipinski definition) is 4. The number of amides is 1. The van der Waals surface area contributed by atoms with E-state index >= 15 is 0 Å². The Morgan fingerprint density at radius 3 is 2.00 bits per heavy atom. The summed E-state index contributed by atoms with van der Waals surface area (Å²) >= 11 is 0. The Labute approximate surface area is 114 Å². The number of carbonyl (C=O) groups excluding carboxylic acids is 1. The molecule has 0 spiro atoms. The average Bonchev–Trinajstić information content (AvgIpc) is 2.25. The Hall–Kier alpha value is -1.15. The third-order valence-electron chi connectivity index (χ3n) is 2.66. The molecule has 7 nitrogen and oxygen atoms in total. The maximum Gasteiger partial charge on any atom is 0.326 e. The van der Waals surface area contributed by atoms with Crippen molar-refractivity contribution >= 4 is 21.9 Å². The minimum atomic E-state index is -3.69. The van der Waals surface area contributed by atoms with Crippen LogP contribution in [0.25, 0.3) is 0 Å². The van der Waals surface area contributed by atoms with Gasteiger partial charge in [-0.05, 0) is 5.92 Å². The molecule has 0 aliphatic heterocycles. The second-order valence-electron chi connectivity index (χ2n) is 4.47. The molecule has 2 N–H and O–H groups in total. The van der Waals surface area contributed by atoms with Crippen molar-refractivity contribution in [3.63, 3.8) is 0 Å². The van der Waals surface area contributed by atoms with Gasteiger partial charge in [-0.1, -0.05) is 27.7 Å². The largest absolute Gasteiger partial charge is 0.480 e. The molecule has 0 bridgehead atoms. The Bertz CT molecular complexity index is 415. The van der Waals surface area contributed by atoms with Crippen molar-refractivity contribution in [3.05, 3.63) is 0 Å². The van der Waals surface area contributed by atoms with E-state index in [0.717, 1.165) is 4.31 Å². The van der Waals surface area contributed by atoms with Crippen LogP contribution in [0.2, 0.25) is 0 Å². The van der Waals surface area contributed by atoms with Gasteiger partial charge in [-0.25, -0.2) is 17.5 Å². The van der Waals surface area contributed by atoms with Crippen molar-refractivity contribution in [2.75, 3.05) is 18.8 Å². The van der Waals surface area contributed by atoms with Gasteiger partial charge >= 0.3 is 5.97 Å². The van der Waals surface area contributed by atoms with Crippen molar-refractivity contribution < 1.29 is 23.1 Å². The third-order valence-corrected chi connectivity index (χ3v) is 4.59. The van der Waals surface area contributed by atoms with Crippen LogP contribution >= 0.6 is 0 Å². The lowest BCUT2D eigenvalue weighted by molar-refractivity contribution is -0.142. The van der Waals surface area contributed by atoms with E-state index in [1.165, 1.54) is 0 Å². The highest BCUT2D eigenvalue weighted by Gasteiger charge is 2.27. The number of hydrogen-bond donors (Lipinski definition) is 2. The van der Waals surface area contributed by atoms with E-state index in [0.29, 0.717) is 0 Å². The van der Waals surface area contributed by atoms with Gasteiger partial charge in [0.25, 0.3) is 0 Å². The zero-order chi connectivity index (χ0) is 15.2. The molecule has 0 aliphatic carbocycles. The van der Waals surface area contributed by atoms with E-state index < -0.39 is 33.7 Å². The van der Waals surface area contributed by atoms with Crippen LogP contribution in [0, 0.1) is 5.92 Å². The van der Waals surface area contributed by atoms with Crippen LogP contribution in [-0.2, 0) is 19.6 Å². The van der Waals surface area contributed by atoms with Crippen LogP contribution < -0.4 is 5.32 Å². The molecule has 19 heavy (non-hydrogen) atoms. The summed E-state index contributed by atoms with van der Waals surface area (Å²) in [5, 5.41) is 11.1. The molecule has 0 radical (unpaired) electrons. The first-order valence-corrected chi connectivity index (χ1v) is 7.76. The Kier molecular flexibility index (Phi) is 6.99. The minimum Gasteiger partial charge on any atom is -0.480 e. The molecule has 0 saturated carbocycles. The summed E-state index contributed by atoms with van der Waals surface area (Å²) < 4.78 is 24.8. The van der Waals surface area contributed by atoms with Crippen LogP contribution in [0.5, 0.6) is 0 Å². The van der Waals surface area contributed by atoms with Crippen molar-refractivity contribution in [2.24, 2.45) is 5.92 Å². The first-order valence-electron chi connectivity index (χ1n) is 6.15. The predicted molar refractivity (Wildman–Crippen MR) is 71.1 cm³/mol. The van der Waals surface area contributed by atoms with Gasteiger partial charge in [-0.15, -0.1) is 0 Å². The number of nitrogens with one attached hydrogen (secondary N) is 1. The van der Waals surface area contributed by atoms with E-state index in [9.17, 15) is 18.0 Å². The molecule has 1 unspecified atom stereocenters. The molecule has 1 amide bonds. The zero-order valence-electron chi connectivity index (χ0n) is 11.7. The molecule has 1 atom stereocenters. The van der Waals surface area contributed by atoms with Gasteiger partial charge in [0.15, 0.2) is 0 Å². The molecule has 0 aromatic carbocycles. The maximum atomic E-state index is 11.8.